The molecule has 6 nitrogen and oxygen atoms in total. The first-order chi connectivity index (χ1) is 9.28. The second-order valence-electron chi connectivity index (χ2n) is 6.02. The Labute approximate surface area is 122 Å². The SMILES string of the molecule is CC(C)(C)OC(=O)[C@@H]1CSCN1C(=O)[C@@H]1CCC(=O)N1. The molecule has 0 aliphatic carbocycles. The molecule has 2 amide bonds. The Morgan fingerprint density at radius 2 is 2.10 bits per heavy atom. The summed E-state index contributed by atoms with van der Waals surface area (Å²) in [5, 5.41) is 2.65. The van der Waals surface area contributed by atoms with E-state index in [9.17, 15) is 14.4 Å². The van der Waals surface area contributed by atoms with Crippen LogP contribution in [0.1, 0.15) is 33.6 Å². The molecule has 0 spiro atoms. The number of esters is 1. The Morgan fingerprint density at radius 3 is 2.65 bits per heavy atom. The second kappa shape index (κ2) is 5.63. The van der Waals surface area contributed by atoms with Gasteiger partial charge in [0, 0.05) is 12.2 Å². The van der Waals surface area contributed by atoms with E-state index in [2.05, 4.69) is 5.32 Å². The van der Waals surface area contributed by atoms with Crippen molar-refractivity contribution in [2.45, 2.75) is 51.3 Å². The van der Waals surface area contributed by atoms with Gasteiger partial charge in [0.25, 0.3) is 0 Å². The lowest BCUT2D eigenvalue weighted by Gasteiger charge is -2.28. The number of nitrogens with zero attached hydrogens (tertiary/aromatic N) is 1. The van der Waals surface area contributed by atoms with Crippen LogP contribution >= 0.6 is 11.8 Å². The van der Waals surface area contributed by atoms with Crippen LogP contribution in [0.4, 0.5) is 0 Å². The van der Waals surface area contributed by atoms with Crippen LogP contribution in [0.2, 0.25) is 0 Å². The summed E-state index contributed by atoms with van der Waals surface area (Å²) in [5.41, 5.74) is -0.569. The maximum absolute atomic E-state index is 12.4. The summed E-state index contributed by atoms with van der Waals surface area (Å²) >= 11 is 1.52. The number of hydrogen-bond acceptors (Lipinski definition) is 5. The van der Waals surface area contributed by atoms with Gasteiger partial charge in [0.1, 0.15) is 17.7 Å². The van der Waals surface area contributed by atoms with E-state index >= 15 is 0 Å². The van der Waals surface area contributed by atoms with Crippen LogP contribution in [0.15, 0.2) is 0 Å². The predicted octanol–water partition coefficient (Wildman–Crippen LogP) is 0.508. The maximum atomic E-state index is 12.4. The lowest BCUT2D eigenvalue weighted by molar-refractivity contribution is -0.163. The molecule has 0 aromatic carbocycles. The third-order valence-corrected chi connectivity index (χ3v) is 4.15. The Kier molecular flexibility index (Phi) is 4.27. The van der Waals surface area contributed by atoms with Gasteiger partial charge in [0.2, 0.25) is 11.8 Å². The Hall–Kier alpha value is -1.24. The molecular formula is C13H20N2O4S. The van der Waals surface area contributed by atoms with Crippen LogP contribution in [-0.2, 0) is 19.1 Å². The van der Waals surface area contributed by atoms with E-state index in [0.717, 1.165) is 0 Å². The van der Waals surface area contributed by atoms with Crippen LogP contribution in [0, 0.1) is 0 Å². The molecule has 2 atom stereocenters. The van der Waals surface area contributed by atoms with Gasteiger partial charge in [-0.2, -0.15) is 0 Å². The highest BCUT2D eigenvalue weighted by Crippen LogP contribution is 2.25. The molecule has 2 rings (SSSR count). The van der Waals surface area contributed by atoms with E-state index < -0.39 is 17.7 Å². The van der Waals surface area contributed by atoms with Crippen molar-refractivity contribution < 1.29 is 19.1 Å². The van der Waals surface area contributed by atoms with Gasteiger partial charge in [-0.1, -0.05) is 0 Å². The predicted molar refractivity (Wildman–Crippen MR) is 75.0 cm³/mol. The first-order valence-corrected chi connectivity index (χ1v) is 7.84. The van der Waals surface area contributed by atoms with E-state index in [-0.39, 0.29) is 17.8 Å². The summed E-state index contributed by atoms with van der Waals surface area (Å²) in [7, 11) is 0. The number of rotatable bonds is 2. The third-order valence-electron chi connectivity index (χ3n) is 3.14. The molecule has 2 saturated heterocycles. The van der Waals surface area contributed by atoms with Crippen molar-refractivity contribution in [1.29, 1.82) is 0 Å². The van der Waals surface area contributed by atoms with E-state index in [4.69, 9.17) is 4.74 Å². The molecule has 0 bridgehead atoms. The largest absolute Gasteiger partial charge is 0.458 e. The molecule has 2 aliphatic rings. The molecule has 7 heteroatoms. The third kappa shape index (κ3) is 3.45. The average Bonchev–Trinajstić information content (AvgIpc) is 2.93. The monoisotopic (exact) mass is 300 g/mol. The number of thioether (sulfide) groups is 1. The zero-order chi connectivity index (χ0) is 14.9. The topological polar surface area (TPSA) is 75.7 Å². The van der Waals surface area contributed by atoms with Crippen LogP contribution in [0.3, 0.4) is 0 Å². The minimum Gasteiger partial charge on any atom is -0.458 e. The van der Waals surface area contributed by atoms with E-state index in [1.165, 1.54) is 16.7 Å². The second-order valence-corrected chi connectivity index (χ2v) is 7.02. The van der Waals surface area contributed by atoms with Crippen molar-refractivity contribution in [3.8, 4) is 0 Å². The summed E-state index contributed by atoms with van der Waals surface area (Å²) in [4.78, 5) is 37.2. The van der Waals surface area contributed by atoms with Gasteiger partial charge in [-0.25, -0.2) is 4.79 Å². The molecule has 0 saturated carbocycles. The summed E-state index contributed by atoms with van der Waals surface area (Å²) in [6, 6.07) is -1.05. The van der Waals surface area contributed by atoms with Crippen molar-refractivity contribution in [3.05, 3.63) is 0 Å². The van der Waals surface area contributed by atoms with E-state index in [1.807, 2.05) is 0 Å². The molecular weight excluding hydrogens is 280 g/mol. The number of carbonyl (C=O) groups excluding carboxylic acids is 3. The van der Waals surface area contributed by atoms with Crippen LogP contribution in [0.5, 0.6) is 0 Å². The Bertz CT molecular complexity index is 433. The Morgan fingerprint density at radius 1 is 1.40 bits per heavy atom. The number of ether oxygens (including phenoxy) is 1. The number of amides is 2. The minimum absolute atomic E-state index is 0.107. The van der Waals surface area contributed by atoms with Crippen molar-refractivity contribution in [1.82, 2.24) is 10.2 Å². The molecule has 0 aromatic heterocycles. The zero-order valence-corrected chi connectivity index (χ0v) is 12.8. The van der Waals surface area contributed by atoms with Gasteiger partial charge in [-0.15, -0.1) is 11.8 Å². The number of nitrogens with one attached hydrogen (secondary N) is 1. The van der Waals surface area contributed by atoms with E-state index in [0.29, 0.717) is 24.5 Å². The first-order valence-electron chi connectivity index (χ1n) is 6.68. The maximum Gasteiger partial charge on any atom is 0.330 e. The van der Waals surface area contributed by atoms with Gasteiger partial charge < -0.3 is 15.0 Å². The van der Waals surface area contributed by atoms with Crippen LogP contribution in [-0.4, -0.2) is 52.0 Å². The van der Waals surface area contributed by atoms with Gasteiger partial charge in [0.15, 0.2) is 0 Å². The average molecular weight is 300 g/mol. The molecule has 1 N–H and O–H groups in total. The fourth-order valence-corrected chi connectivity index (χ4v) is 3.37. The minimum atomic E-state index is -0.569. The van der Waals surface area contributed by atoms with Crippen molar-refractivity contribution in [2.24, 2.45) is 0 Å². The molecule has 2 fully saturated rings. The molecule has 0 aromatic rings. The summed E-state index contributed by atoms with van der Waals surface area (Å²) in [6.45, 7) is 5.41. The molecule has 0 unspecified atom stereocenters. The standard InChI is InChI=1S/C13H20N2O4S/c1-13(2,3)19-12(18)9-6-20-7-15(9)11(17)8-4-5-10(16)14-8/h8-9H,4-7H2,1-3H3,(H,14,16)/t8-,9-/m0/s1. The van der Waals surface area contributed by atoms with Gasteiger partial charge >= 0.3 is 5.97 Å². The molecule has 2 heterocycles. The molecule has 20 heavy (non-hydrogen) atoms. The van der Waals surface area contributed by atoms with Crippen molar-refractivity contribution in [3.63, 3.8) is 0 Å². The molecule has 0 radical (unpaired) electrons. The highest BCUT2D eigenvalue weighted by atomic mass is 32.2. The highest BCUT2D eigenvalue weighted by Gasteiger charge is 2.41. The summed E-state index contributed by atoms with van der Waals surface area (Å²) in [6.07, 6.45) is 0.869. The lowest BCUT2D eigenvalue weighted by Crippen LogP contribution is -2.50. The fourth-order valence-electron chi connectivity index (χ4n) is 2.22. The number of carbonyl (C=O) groups is 3. The van der Waals surface area contributed by atoms with E-state index in [1.54, 1.807) is 20.8 Å². The lowest BCUT2D eigenvalue weighted by atomic mass is 10.1. The summed E-state index contributed by atoms with van der Waals surface area (Å²) < 4.78 is 5.35. The summed E-state index contributed by atoms with van der Waals surface area (Å²) in [5.74, 6) is 0.345. The highest BCUT2D eigenvalue weighted by molar-refractivity contribution is 7.99. The fraction of sp³-hybridized carbons (Fsp3) is 0.769. The first kappa shape index (κ1) is 15.2. The van der Waals surface area contributed by atoms with Gasteiger partial charge in [-0.05, 0) is 27.2 Å². The normalized spacial score (nSPS) is 26.6. The molecule has 112 valence electrons. The van der Waals surface area contributed by atoms with Crippen LogP contribution in [0.25, 0.3) is 0 Å². The zero-order valence-electron chi connectivity index (χ0n) is 12.0. The van der Waals surface area contributed by atoms with Crippen molar-refractivity contribution in [2.75, 3.05) is 11.6 Å². The van der Waals surface area contributed by atoms with Crippen LogP contribution < -0.4 is 5.32 Å². The number of hydrogen-bond donors (Lipinski definition) is 1. The quantitative estimate of drug-likeness (QED) is 0.752. The van der Waals surface area contributed by atoms with Gasteiger partial charge in [-0.3, -0.25) is 9.59 Å². The molecule has 2 aliphatic heterocycles. The van der Waals surface area contributed by atoms with Gasteiger partial charge in [0.05, 0.1) is 5.88 Å². The Balaban J connectivity index is 2.01. The van der Waals surface area contributed by atoms with Crippen molar-refractivity contribution >= 4 is 29.5 Å². The smallest absolute Gasteiger partial charge is 0.330 e.